The van der Waals surface area contributed by atoms with Crippen molar-refractivity contribution in [1.82, 2.24) is 15.5 Å². The molecule has 0 aliphatic rings. The van der Waals surface area contributed by atoms with Gasteiger partial charge < -0.3 is 9.84 Å². The van der Waals surface area contributed by atoms with Gasteiger partial charge in [0.1, 0.15) is 5.82 Å². The summed E-state index contributed by atoms with van der Waals surface area (Å²) < 4.78 is 18.7. The van der Waals surface area contributed by atoms with Gasteiger partial charge in [0.25, 0.3) is 0 Å². The molecule has 0 unspecified atom stereocenters. The summed E-state index contributed by atoms with van der Waals surface area (Å²) in [6, 6.07) is 4.62. The Morgan fingerprint density at radius 3 is 2.89 bits per heavy atom. The highest BCUT2D eigenvalue weighted by Crippen LogP contribution is 2.23. The second kappa shape index (κ2) is 6.25. The van der Waals surface area contributed by atoms with Crippen LogP contribution in [0.15, 0.2) is 27.2 Å². The van der Waals surface area contributed by atoms with Gasteiger partial charge in [-0.2, -0.15) is 4.98 Å². The SMILES string of the molecule is CC(C)CNCc1nc(-c2ccc(F)c(Br)c2)no1. The van der Waals surface area contributed by atoms with Crippen LogP contribution in [0.2, 0.25) is 0 Å². The van der Waals surface area contributed by atoms with E-state index in [1.807, 2.05) is 0 Å². The van der Waals surface area contributed by atoms with Crippen LogP contribution in [0.1, 0.15) is 19.7 Å². The highest BCUT2D eigenvalue weighted by Gasteiger charge is 2.10. The van der Waals surface area contributed by atoms with E-state index >= 15 is 0 Å². The third-order valence-electron chi connectivity index (χ3n) is 2.47. The van der Waals surface area contributed by atoms with Gasteiger partial charge >= 0.3 is 0 Å². The minimum absolute atomic E-state index is 0.314. The molecule has 0 aliphatic carbocycles. The Hall–Kier alpha value is -1.27. The molecule has 102 valence electrons. The smallest absolute Gasteiger partial charge is 0.240 e. The maximum absolute atomic E-state index is 13.1. The number of nitrogens with zero attached hydrogens (tertiary/aromatic N) is 2. The molecule has 6 heteroatoms. The lowest BCUT2D eigenvalue weighted by molar-refractivity contribution is 0.364. The van der Waals surface area contributed by atoms with Crippen LogP contribution in [-0.2, 0) is 6.54 Å². The van der Waals surface area contributed by atoms with Gasteiger partial charge in [0.05, 0.1) is 11.0 Å². The molecule has 1 heterocycles. The molecule has 19 heavy (non-hydrogen) atoms. The predicted molar refractivity (Wildman–Crippen MR) is 73.9 cm³/mol. The molecule has 0 saturated carbocycles. The number of aromatic nitrogens is 2. The Morgan fingerprint density at radius 2 is 2.21 bits per heavy atom. The zero-order valence-electron chi connectivity index (χ0n) is 10.8. The van der Waals surface area contributed by atoms with E-state index in [-0.39, 0.29) is 5.82 Å². The van der Waals surface area contributed by atoms with E-state index in [1.165, 1.54) is 6.07 Å². The molecule has 0 amide bonds. The molecule has 1 aromatic heterocycles. The second-order valence-electron chi connectivity index (χ2n) is 4.67. The summed E-state index contributed by atoms with van der Waals surface area (Å²) in [5.41, 5.74) is 0.715. The number of nitrogens with one attached hydrogen (secondary N) is 1. The minimum Gasteiger partial charge on any atom is -0.338 e. The quantitative estimate of drug-likeness (QED) is 0.914. The van der Waals surface area contributed by atoms with E-state index < -0.39 is 0 Å². The lowest BCUT2D eigenvalue weighted by Gasteiger charge is -2.03. The molecule has 1 N–H and O–H groups in total. The summed E-state index contributed by atoms with van der Waals surface area (Å²) in [6.45, 7) is 5.68. The molecule has 0 atom stereocenters. The van der Waals surface area contributed by atoms with Gasteiger partial charge in [0.15, 0.2) is 0 Å². The Balaban J connectivity index is 2.05. The van der Waals surface area contributed by atoms with Crippen molar-refractivity contribution in [3.63, 3.8) is 0 Å². The summed E-state index contributed by atoms with van der Waals surface area (Å²) in [5.74, 6) is 1.24. The average molecular weight is 328 g/mol. The first-order chi connectivity index (χ1) is 9.06. The zero-order valence-corrected chi connectivity index (χ0v) is 12.4. The zero-order chi connectivity index (χ0) is 13.8. The average Bonchev–Trinajstić information content (AvgIpc) is 2.81. The number of rotatable bonds is 5. The summed E-state index contributed by atoms with van der Waals surface area (Å²) in [4.78, 5) is 4.26. The largest absolute Gasteiger partial charge is 0.338 e. The van der Waals surface area contributed by atoms with E-state index in [0.29, 0.717) is 34.2 Å². The summed E-state index contributed by atoms with van der Waals surface area (Å²) in [5, 5.41) is 7.11. The van der Waals surface area contributed by atoms with Gasteiger partial charge in [-0.25, -0.2) is 4.39 Å². The van der Waals surface area contributed by atoms with Gasteiger partial charge in [-0.3, -0.25) is 0 Å². The predicted octanol–water partition coefficient (Wildman–Crippen LogP) is 3.38. The summed E-state index contributed by atoms with van der Waals surface area (Å²) in [6.07, 6.45) is 0. The second-order valence-corrected chi connectivity index (χ2v) is 5.52. The third-order valence-corrected chi connectivity index (χ3v) is 3.08. The monoisotopic (exact) mass is 327 g/mol. The van der Waals surface area contributed by atoms with E-state index in [4.69, 9.17) is 4.52 Å². The van der Waals surface area contributed by atoms with Crippen LogP contribution < -0.4 is 5.32 Å². The molecular formula is C13H15BrFN3O. The number of halogens is 2. The first kappa shape index (κ1) is 14.1. The molecule has 0 saturated heterocycles. The maximum Gasteiger partial charge on any atom is 0.240 e. The Kier molecular flexibility index (Phi) is 4.66. The van der Waals surface area contributed by atoms with E-state index in [0.717, 1.165) is 6.54 Å². The number of hydrogen-bond acceptors (Lipinski definition) is 4. The van der Waals surface area contributed by atoms with Crippen LogP contribution in [0.4, 0.5) is 4.39 Å². The van der Waals surface area contributed by atoms with Gasteiger partial charge in [-0.1, -0.05) is 19.0 Å². The van der Waals surface area contributed by atoms with Crippen molar-refractivity contribution in [3.8, 4) is 11.4 Å². The Bertz CT molecular complexity index is 557. The van der Waals surface area contributed by atoms with E-state index in [1.54, 1.807) is 12.1 Å². The van der Waals surface area contributed by atoms with Crippen molar-refractivity contribution in [2.75, 3.05) is 6.54 Å². The van der Waals surface area contributed by atoms with Gasteiger partial charge in [0.2, 0.25) is 11.7 Å². The number of benzene rings is 1. The van der Waals surface area contributed by atoms with Crippen LogP contribution in [0.25, 0.3) is 11.4 Å². The van der Waals surface area contributed by atoms with Crippen molar-refractivity contribution in [3.05, 3.63) is 34.4 Å². The molecule has 0 bridgehead atoms. The van der Waals surface area contributed by atoms with Crippen LogP contribution in [0.5, 0.6) is 0 Å². The standard InChI is InChI=1S/C13H15BrFN3O/c1-8(2)6-16-7-12-17-13(18-19-12)9-3-4-11(15)10(14)5-9/h3-5,8,16H,6-7H2,1-2H3. The van der Waals surface area contributed by atoms with Crippen LogP contribution in [0.3, 0.4) is 0 Å². The van der Waals surface area contributed by atoms with E-state index in [9.17, 15) is 4.39 Å². The highest BCUT2D eigenvalue weighted by atomic mass is 79.9. The van der Waals surface area contributed by atoms with Crippen LogP contribution >= 0.6 is 15.9 Å². The molecule has 0 spiro atoms. The molecule has 2 rings (SSSR count). The molecular weight excluding hydrogens is 313 g/mol. The van der Waals surface area contributed by atoms with Crippen molar-refractivity contribution in [2.45, 2.75) is 20.4 Å². The van der Waals surface area contributed by atoms with Gasteiger partial charge in [0, 0.05) is 5.56 Å². The molecule has 4 nitrogen and oxygen atoms in total. The Morgan fingerprint density at radius 1 is 1.42 bits per heavy atom. The Labute approximate surface area is 119 Å². The van der Waals surface area contributed by atoms with Crippen molar-refractivity contribution >= 4 is 15.9 Å². The van der Waals surface area contributed by atoms with Gasteiger partial charge in [-0.15, -0.1) is 0 Å². The highest BCUT2D eigenvalue weighted by molar-refractivity contribution is 9.10. The fraction of sp³-hybridized carbons (Fsp3) is 0.385. The van der Waals surface area contributed by atoms with Crippen LogP contribution in [0, 0.1) is 11.7 Å². The van der Waals surface area contributed by atoms with E-state index in [2.05, 4.69) is 45.2 Å². The molecule has 1 aromatic carbocycles. The molecule has 0 aliphatic heterocycles. The molecule has 2 aromatic rings. The van der Waals surface area contributed by atoms with Crippen molar-refractivity contribution < 1.29 is 8.91 Å². The van der Waals surface area contributed by atoms with Crippen LogP contribution in [-0.4, -0.2) is 16.7 Å². The topological polar surface area (TPSA) is 51.0 Å². The van der Waals surface area contributed by atoms with Gasteiger partial charge in [-0.05, 0) is 46.6 Å². The van der Waals surface area contributed by atoms with Crippen molar-refractivity contribution in [1.29, 1.82) is 0 Å². The summed E-state index contributed by atoms with van der Waals surface area (Å²) in [7, 11) is 0. The fourth-order valence-corrected chi connectivity index (χ4v) is 1.93. The first-order valence-electron chi connectivity index (χ1n) is 6.05. The lowest BCUT2D eigenvalue weighted by atomic mass is 10.2. The maximum atomic E-state index is 13.1. The van der Waals surface area contributed by atoms with Crippen molar-refractivity contribution in [2.24, 2.45) is 5.92 Å². The normalized spacial score (nSPS) is 11.2. The molecule has 0 radical (unpaired) electrons. The third kappa shape index (κ3) is 3.84. The fourth-order valence-electron chi connectivity index (χ4n) is 1.55. The summed E-state index contributed by atoms with van der Waals surface area (Å²) >= 11 is 3.13. The minimum atomic E-state index is -0.314. The number of hydrogen-bond donors (Lipinski definition) is 1. The lowest BCUT2D eigenvalue weighted by Crippen LogP contribution is -2.19. The first-order valence-corrected chi connectivity index (χ1v) is 6.84. The molecule has 0 fully saturated rings.